The van der Waals surface area contributed by atoms with Crippen LogP contribution in [0.2, 0.25) is 0 Å². The highest BCUT2D eigenvalue weighted by Crippen LogP contribution is 2.49. The van der Waals surface area contributed by atoms with Gasteiger partial charge in [-0.25, -0.2) is 0 Å². The first kappa shape index (κ1) is 53.8. The summed E-state index contributed by atoms with van der Waals surface area (Å²) in [6.45, 7) is 24.8. The number of ether oxygens (including phenoxy) is 2. The molecule has 0 N–H and O–H groups in total. The van der Waals surface area contributed by atoms with Crippen LogP contribution in [0.25, 0.3) is 28.3 Å². The van der Waals surface area contributed by atoms with E-state index in [1.807, 2.05) is 19.1 Å². The van der Waals surface area contributed by atoms with Gasteiger partial charge >= 0.3 is 0 Å². The molecular weight excluding hydrogens is 889 g/mol. The van der Waals surface area contributed by atoms with E-state index in [0.29, 0.717) is 24.0 Å². The van der Waals surface area contributed by atoms with E-state index in [4.69, 9.17) is 13.9 Å². The van der Waals surface area contributed by atoms with Crippen LogP contribution in [0.4, 0.5) is 0 Å². The topological polar surface area (TPSA) is 31.6 Å². The molecule has 0 spiro atoms. The van der Waals surface area contributed by atoms with Gasteiger partial charge in [0.05, 0.1) is 35.9 Å². The van der Waals surface area contributed by atoms with Crippen LogP contribution < -0.4 is 0 Å². The van der Waals surface area contributed by atoms with E-state index in [0.717, 1.165) is 12.8 Å². The van der Waals surface area contributed by atoms with Crippen LogP contribution in [0.1, 0.15) is 99.7 Å². The van der Waals surface area contributed by atoms with Gasteiger partial charge in [-0.15, -0.1) is 0 Å². The lowest BCUT2D eigenvalue weighted by Gasteiger charge is -2.26. The van der Waals surface area contributed by atoms with Crippen molar-refractivity contribution in [1.82, 2.24) is 0 Å². The molecule has 2 fully saturated rings. The maximum atomic E-state index is 5.95. The Bertz CT molecular complexity index is 3010. The molecule has 3 nitrogen and oxygen atoms in total. The fourth-order valence-electron chi connectivity index (χ4n) is 9.69. The molecule has 6 atom stereocenters. The highest BCUT2D eigenvalue weighted by Gasteiger charge is 2.47. The van der Waals surface area contributed by atoms with E-state index in [1.54, 1.807) is 12.5 Å². The van der Waals surface area contributed by atoms with Gasteiger partial charge in [0.1, 0.15) is 0 Å². The third-order valence-corrected chi connectivity index (χ3v) is 14.1. The quantitative estimate of drug-likeness (QED) is 0.161. The zero-order valence-corrected chi connectivity index (χ0v) is 44.9. The highest BCUT2D eigenvalue weighted by atomic mass is 16.5. The number of furan rings is 1. The normalized spacial score (nSPS) is 21.1. The highest BCUT2D eigenvalue weighted by molar-refractivity contribution is 5.67. The van der Waals surface area contributed by atoms with Crippen LogP contribution in [0, 0.1) is 55.4 Å². The average Bonchev–Trinajstić information content (AvgIpc) is 4.25. The van der Waals surface area contributed by atoms with Crippen LogP contribution in [-0.4, -0.2) is 23.4 Å². The summed E-state index contributed by atoms with van der Waals surface area (Å²) >= 11 is 0. The number of aryl methyl sites for hydroxylation is 8. The van der Waals surface area contributed by atoms with Crippen molar-refractivity contribution >= 4 is 6.08 Å². The first-order valence-corrected chi connectivity index (χ1v) is 25.9. The number of fused-ring (bicyclic) bond motifs is 4. The SMILES string of the molecule is C=Cc1ccc(C)cc1.Cc1ccc(-c2cccc(C)c2)cc1.Cc1ccc(-c2ccccc2C)cc1.Cc1ccc(C2CC3(C)C=CC2O3)cc1.Cc1ccc(C2CC3C=CC2(C)O3)cc1.Cc1ccoc1. The van der Waals surface area contributed by atoms with Crippen LogP contribution in [0.3, 0.4) is 0 Å². The van der Waals surface area contributed by atoms with Crippen molar-refractivity contribution in [2.75, 3.05) is 0 Å². The number of benzene rings is 7. The molecule has 3 heteroatoms. The fourth-order valence-corrected chi connectivity index (χ4v) is 9.69. The minimum Gasteiger partial charge on any atom is -0.472 e. The summed E-state index contributed by atoms with van der Waals surface area (Å²) in [5.74, 6) is 1.09. The summed E-state index contributed by atoms with van der Waals surface area (Å²) in [4.78, 5) is 0. The summed E-state index contributed by atoms with van der Waals surface area (Å²) < 4.78 is 16.6. The predicted molar refractivity (Wildman–Crippen MR) is 309 cm³/mol. The Balaban J connectivity index is 0.000000131. The smallest absolute Gasteiger partial charge is 0.0931 e. The molecule has 0 saturated carbocycles. The molecule has 6 unspecified atom stereocenters. The molecule has 4 aliphatic heterocycles. The van der Waals surface area contributed by atoms with Gasteiger partial charge < -0.3 is 13.9 Å². The third-order valence-electron chi connectivity index (χ3n) is 14.1. The number of rotatable bonds is 5. The second kappa shape index (κ2) is 25.1. The zero-order chi connectivity index (χ0) is 52.0. The maximum absolute atomic E-state index is 5.95. The largest absolute Gasteiger partial charge is 0.472 e. The van der Waals surface area contributed by atoms with E-state index < -0.39 is 0 Å². The Morgan fingerprint density at radius 1 is 0.493 bits per heavy atom. The molecule has 2 saturated heterocycles. The maximum Gasteiger partial charge on any atom is 0.0931 e. The van der Waals surface area contributed by atoms with Gasteiger partial charge in [-0.2, -0.15) is 0 Å². The molecule has 1 aromatic heterocycles. The molecule has 5 heterocycles. The molecule has 0 amide bonds. The monoisotopic (exact) mass is 965 g/mol. The van der Waals surface area contributed by atoms with Crippen molar-refractivity contribution in [3.8, 4) is 22.3 Å². The van der Waals surface area contributed by atoms with E-state index in [1.165, 1.54) is 83.5 Å². The lowest BCUT2D eigenvalue weighted by Crippen LogP contribution is -2.26. The summed E-state index contributed by atoms with van der Waals surface area (Å²) in [5.41, 5.74) is 19.5. The van der Waals surface area contributed by atoms with Gasteiger partial charge in [-0.05, 0) is 138 Å². The van der Waals surface area contributed by atoms with Crippen LogP contribution in [0.15, 0.2) is 224 Å². The van der Waals surface area contributed by atoms with Crippen LogP contribution in [-0.2, 0) is 9.47 Å². The van der Waals surface area contributed by atoms with Crippen molar-refractivity contribution in [3.05, 3.63) is 281 Å². The summed E-state index contributed by atoms with van der Waals surface area (Å²) in [7, 11) is 0. The zero-order valence-electron chi connectivity index (χ0n) is 44.9. The summed E-state index contributed by atoms with van der Waals surface area (Å²) in [5, 5.41) is 0. The lowest BCUT2D eigenvalue weighted by atomic mass is 9.79. The van der Waals surface area contributed by atoms with Crippen molar-refractivity contribution in [2.45, 2.75) is 117 Å². The van der Waals surface area contributed by atoms with Gasteiger partial charge in [0.25, 0.3) is 0 Å². The van der Waals surface area contributed by atoms with Gasteiger partial charge in [0, 0.05) is 11.8 Å². The van der Waals surface area contributed by atoms with Gasteiger partial charge in [-0.1, -0.05) is 240 Å². The van der Waals surface area contributed by atoms with Crippen molar-refractivity contribution in [1.29, 1.82) is 0 Å². The number of hydrogen-bond acceptors (Lipinski definition) is 3. The van der Waals surface area contributed by atoms with Crippen LogP contribution in [0.5, 0.6) is 0 Å². The summed E-state index contributed by atoms with van der Waals surface area (Å²) in [6, 6.07) is 62.3. The molecule has 8 aromatic rings. The molecule has 0 aliphatic carbocycles. The van der Waals surface area contributed by atoms with Gasteiger partial charge in [0.2, 0.25) is 0 Å². The molecular formula is C70H76O3. The molecule has 374 valence electrons. The second-order valence-corrected chi connectivity index (χ2v) is 20.7. The van der Waals surface area contributed by atoms with E-state index in [9.17, 15) is 0 Å². The Morgan fingerprint density at radius 3 is 1.51 bits per heavy atom. The molecule has 4 bridgehead atoms. The Labute approximate surface area is 438 Å². The Hall–Kier alpha value is -7.04. The lowest BCUT2D eigenvalue weighted by molar-refractivity contribution is 0.0396. The first-order valence-electron chi connectivity index (χ1n) is 25.9. The summed E-state index contributed by atoms with van der Waals surface area (Å²) in [6.07, 6.45) is 17.0. The molecule has 7 aromatic carbocycles. The van der Waals surface area contributed by atoms with Crippen molar-refractivity contribution in [2.24, 2.45) is 0 Å². The Morgan fingerprint density at radius 2 is 1.05 bits per heavy atom. The molecule has 12 rings (SSSR count). The van der Waals surface area contributed by atoms with Gasteiger partial charge in [-0.3, -0.25) is 0 Å². The standard InChI is InChI=1S/2C14H16O.2C14H14.C9H10.C5H6O/c1-10-3-5-11(6-4-10)12-9-14(2)8-7-13(12)15-14;1-10-3-5-11(6-4-10)13-9-12-7-8-14(13,2)15-12;1-11-6-8-13(9-7-11)14-5-3-4-12(2)10-14;1-11-7-9-13(10-8-11)14-6-4-3-5-12(14)2;1-3-9-6-4-8(2)5-7-9;1-5-2-3-6-4-5/h2*3-8,12-13H,9H2,1-2H3;2*3-10H,1-2H3;3-7H,1H2,2H3;2-4H,1H3. The second-order valence-electron chi connectivity index (χ2n) is 20.7. The Kier molecular flexibility index (Phi) is 18.5. The predicted octanol–water partition coefficient (Wildman–Crippen LogP) is 18.6. The van der Waals surface area contributed by atoms with Crippen LogP contribution >= 0.6 is 0 Å². The molecule has 0 radical (unpaired) electrons. The minimum absolute atomic E-state index is 0.000218. The molecule has 73 heavy (non-hydrogen) atoms. The third kappa shape index (κ3) is 15.2. The molecule has 4 aliphatic rings. The first-order chi connectivity index (χ1) is 35.1. The van der Waals surface area contributed by atoms with E-state index in [2.05, 4.69) is 263 Å². The van der Waals surface area contributed by atoms with E-state index in [-0.39, 0.29) is 11.2 Å². The van der Waals surface area contributed by atoms with E-state index >= 15 is 0 Å². The number of hydrogen-bond donors (Lipinski definition) is 0. The minimum atomic E-state index is -0.0556. The van der Waals surface area contributed by atoms with Crippen molar-refractivity contribution in [3.63, 3.8) is 0 Å². The fraction of sp³-hybridized carbons (Fsp3) is 0.257. The van der Waals surface area contributed by atoms with Crippen molar-refractivity contribution < 1.29 is 13.9 Å². The average molecular weight is 965 g/mol. The van der Waals surface area contributed by atoms with Gasteiger partial charge in [0.15, 0.2) is 0 Å².